The highest BCUT2D eigenvalue weighted by atomic mass is 16.3. The summed E-state index contributed by atoms with van der Waals surface area (Å²) in [6.07, 6.45) is 4.50. The number of nitrogens with one attached hydrogen (secondary N) is 1. The minimum atomic E-state index is 0.138. The summed E-state index contributed by atoms with van der Waals surface area (Å²) in [5.74, 6) is 0. The van der Waals surface area contributed by atoms with Gasteiger partial charge >= 0.3 is 0 Å². The van der Waals surface area contributed by atoms with Gasteiger partial charge in [-0.2, -0.15) is 0 Å². The van der Waals surface area contributed by atoms with Gasteiger partial charge in [-0.3, -0.25) is 9.88 Å². The van der Waals surface area contributed by atoms with Crippen LogP contribution in [0.2, 0.25) is 0 Å². The Morgan fingerprint density at radius 2 is 2.17 bits per heavy atom. The topological polar surface area (TPSA) is 48.4 Å². The van der Waals surface area contributed by atoms with Crippen LogP contribution in [0.15, 0.2) is 24.5 Å². The van der Waals surface area contributed by atoms with E-state index in [2.05, 4.69) is 41.2 Å². The molecule has 0 radical (unpaired) electrons. The lowest BCUT2D eigenvalue weighted by Crippen LogP contribution is -2.61. The van der Waals surface area contributed by atoms with Gasteiger partial charge in [0.25, 0.3) is 0 Å². The Labute approximate surface area is 109 Å². The van der Waals surface area contributed by atoms with E-state index in [-0.39, 0.29) is 12.1 Å². The van der Waals surface area contributed by atoms with Crippen molar-refractivity contribution in [1.82, 2.24) is 15.2 Å². The van der Waals surface area contributed by atoms with E-state index in [9.17, 15) is 0 Å². The third-order valence-electron chi connectivity index (χ3n) is 3.53. The first kappa shape index (κ1) is 13.5. The third kappa shape index (κ3) is 3.51. The highest BCUT2D eigenvalue weighted by molar-refractivity contribution is 5.10. The van der Waals surface area contributed by atoms with Crippen LogP contribution in [0.1, 0.15) is 25.8 Å². The molecule has 2 heterocycles. The molecular weight excluding hydrogens is 226 g/mol. The maximum Gasteiger partial charge on any atom is 0.0446 e. The molecule has 2 N–H and O–H groups in total. The molecule has 0 aliphatic carbocycles. The smallest absolute Gasteiger partial charge is 0.0446 e. The molecule has 0 saturated carbocycles. The Balaban J connectivity index is 2.05. The van der Waals surface area contributed by atoms with Crippen molar-refractivity contribution in [1.29, 1.82) is 0 Å². The van der Waals surface area contributed by atoms with E-state index < -0.39 is 0 Å². The van der Waals surface area contributed by atoms with Gasteiger partial charge in [0.2, 0.25) is 0 Å². The zero-order valence-corrected chi connectivity index (χ0v) is 11.3. The Bertz CT molecular complexity index is 367. The second-order valence-electron chi connectivity index (χ2n) is 5.69. The second-order valence-corrected chi connectivity index (χ2v) is 5.69. The number of aliphatic hydroxyl groups is 1. The van der Waals surface area contributed by atoms with Gasteiger partial charge in [0.1, 0.15) is 0 Å². The predicted molar refractivity (Wildman–Crippen MR) is 72.2 cm³/mol. The summed E-state index contributed by atoms with van der Waals surface area (Å²) in [5.41, 5.74) is 1.42. The summed E-state index contributed by atoms with van der Waals surface area (Å²) in [5, 5.41) is 12.7. The van der Waals surface area contributed by atoms with Crippen LogP contribution in [0.4, 0.5) is 0 Å². The molecule has 1 aromatic heterocycles. The van der Waals surface area contributed by atoms with E-state index in [1.165, 1.54) is 5.56 Å². The zero-order chi connectivity index (χ0) is 13.0. The molecule has 1 fully saturated rings. The summed E-state index contributed by atoms with van der Waals surface area (Å²) in [6.45, 7) is 7.57. The van der Waals surface area contributed by atoms with Crippen molar-refractivity contribution in [3.63, 3.8) is 0 Å². The fourth-order valence-corrected chi connectivity index (χ4v) is 2.56. The number of hydrogen-bond acceptors (Lipinski definition) is 4. The molecule has 1 atom stereocenters. The van der Waals surface area contributed by atoms with Crippen molar-refractivity contribution in [3.8, 4) is 0 Å². The van der Waals surface area contributed by atoms with E-state index in [1.54, 1.807) is 0 Å². The Morgan fingerprint density at radius 3 is 2.83 bits per heavy atom. The lowest BCUT2D eigenvalue weighted by atomic mass is 9.97. The molecule has 2 rings (SSSR count). The van der Waals surface area contributed by atoms with Crippen molar-refractivity contribution in [2.45, 2.75) is 38.4 Å². The SMILES string of the molecule is CC1(C)CN(Cc2ccncc2)C(CCO)CN1. The molecule has 100 valence electrons. The normalized spacial score (nSPS) is 24.1. The molecule has 1 saturated heterocycles. The summed E-state index contributed by atoms with van der Waals surface area (Å²) in [7, 11) is 0. The van der Waals surface area contributed by atoms with Gasteiger partial charge in [-0.15, -0.1) is 0 Å². The number of nitrogens with zero attached hydrogens (tertiary/aromatic N) is 2. The largest absolute Gasteiger partial charge is 0.396 e. The molecule has 1 aromatic rings. The summed E-state index contributed by atoms with van der Waals surface area (Å²) < 4.78 is 0. The van der Waals surface area contributed by atoms with Crippen molar-refractivity contribution in [2.75, 3.05) is 19.7 Å². The van der Waals surface area contributed by atoms with Gasteiger partial charge in [0.05, 0.1) is 0 Å². The quantitative estimate of drug-likeness (QED) is 0.836. The van der Waals surface area contributed by atoms with Gasteiger partial charge in [-0.05, 0) is 38.0 Å². The lowest BCUT2D eigenvalue weighted by Gasteiger charge is -2.44. The lowest BCUT2D eigenvalue weighted by molar-refractivity contribution is 0.0715. The minimum absolute atomic E-state index is 0.138. The van der Waals surface area contributed by atoms with E-state index in [4.69, 9.17) is 5.11 Å². The number of aliphatic hydroxyl groups excluding tert-OH is 1. The molecule has 4 heteroatoms. The number of rotatable bonds is 4. The minimum Gasteiger partial charge on any atom is -0.396 e. The van der Waals surface area contributed by atoms with Gasteiger partial charge in [-0.1, -0.05) is 0 Å². The fourth-order valence-electron chi connectivity index (χ4n) is 2.56. The predicted octanol–water partition coefficient (Wildman–Crippen LogP) is 1.02. The summed E-state index contributed by atoms with van der Waals surface area (Å²) in [4.78, 5) is 6.51. The monoisotopic (exact) mass is 249 g/mol. The second kappa shape index (κ2) is 5.78. The third-order valence-corrected chi connectivity index (χ3v) is 3.53. The first-order chi connectivity index (χ1) is 8.61. The Morgan fingerprint density at radius 1 is 1.44 bits per heavy atom. The number of piperazine rings is 1. The molecule has 0 bridgehead atoms. The first-order valence-corrected chi connectivity index (χ1v) is 6.59. The maximum absolute atomic E-state index is 9.17. The summed E-state index contributed by atoms with van der Waals surface area (Å²) in [6, 6.07) is 4.53. The molecule has 0 aromatic carbocycles. The molecular formula is C14H23N3O. The zero-order valence-electron chi connectivity index (χ0n) is 11.3. The van der Waals surface area contributed by atoms with Crippen molar-refractivity contribution in [3.05, 3.63) is 30.1 Å². The van der Waals surface area contributed by atoms with Gasteiger partial charge in [0, 0.05) is 50.2 Å². The summed E-state index contributed by atoms with van der Waals surface area (Å²) >= 11 is 0. The average molecular weight is 249 g/mol. The maximum atomic E-state index is 9.17. The van der Waals surface area contributed by atoms with Gasteiger partial charge in [0.15, 0.2) is 0 Å². The highest BCUT2D eigenvalue weighted by Crippen LogP contribution is 2.19. The van der Waals surface area contributed by atoms with Crippen LogP contribution >= 0.6 is 0 Å². The van der Waals surface area contributed by atoms with Crippen molar-refractivity contribution in [2.24, 2.45) is 0 Å². The van der Waals surface area contributed by atoms with E-state index >= 15 is 0 Å². The number of aromatic nitrogens is 1. The van der Waals surface area contributed by atoms with Crippen LogP contribution in [0.25, 0.3) is 0 Å². The first-order valence-electron chi connectivity index (χ1n) is 6.59. The average Bonchev–Trinajstić information content (AvgIpc) is 2.34. The van der Waals surface area contributed by atoms with Crippen LogP contribution in [0.3, 0.4) is 0 Å². The van der Waals surface area contributed by atoms with E-state index in [0.717, 1.165) is 26.1 Å². The fraction of sp³-hybridized carbons (Fsp3) is 0.643. The van der Waals surface area contributed by atoms with E-state index in [0.29, 0.717) is 6.04 Å². The molecule has 0 spiro atoms. The Hall–Kier alpha value is -0.970. The van der Waals surface area contributed by atoms with Crippen LogP contribution in [-0.2, 0) is 6.54 Å². The van der Waals surface area contributed by atoms with Crippen molar-refractivity contribution < 1.29 is 5.11 Å². The highest BCUT2D eigenvalue weighted by Gasteiger charge is 2.31. The van der Waals surface area contributed by atoms with Crippen molar-refractivity contribution >= 4 is 0 Å². The van der Waals surface area contributed by atoms with Gasteiger partial charge in [-0.25, -0.2) is 0 Å². The van der Waals surface area contributed by atoms with E-state index in [1.807, 2.05) is 12.4 Å². The molecule has 1 aliphatic rings. The molecule has 18 heavy (non-hydrogen) atoms. The standard InChI is InChI=1S/C14H23N3O/c1-14(2)11-17(13(5-8-18)9-16-14)10-12-3-6-15-7-4-12/h3-4,6-7,13,16,18H,5,8-11H2,1-2H3. The Kier molecular flexibility index (Phi) is 4.32. The van der Waals surface area contributed by atoms with Crippen LogP contribution < -0.4 is 5.32 Å². The van der Waals surface area contributed by atoms with Crippen LogP contribution in [0.5, 0.6) is 0 Å². The molecule has 1 unspecified atom stereocenters. The number of hydrogen-bond donors (Lipinski definition) is 2. The molecule has 0 amide bonds. The van der Waals surface area contributed by atoms with Gasteiger partial charge < -0.3 is 10.4 Å². The van der Waals surface area contributed by atoms with Crippen LogP contribution in [-0.4, -0.2) is 46.3 Å². The molecule has 1 aliphatic heterocycles. The number of pyridine rings is 1. The van der Waals surface area contributed by atoms with Crippen LogP contribution in [0, 0.1) is 0 Å². The molecule has 4 nitrogen and oxygen atoms in total.